The van der Waals surface area contributed by atoms with Crippen LogP contribution in [-0.4, -0.2) is 28.5 Å². The fraction of sp³-hybridized carbons (Fsp3) is 0.857. The number of carbonyl (C=O) groups is 1. The lowest BCUT2D eigenvalue weighted by atomic mass is 9.94. The zero-order valence-corrected chi connectivity index (χ0v) is 16.6. The minimum Gasteiger partial charge on any atom is -0.469 e. The Morgan fingerprint density at radius 3 is 2.08 bits per heavy atom. The average molecular weight is 364 g/mol. The van der Waals surface area contributed by atoms with E-state index in [1.54, 1.807) is 0 Å². The Bertz CT molecular complexity index is 501. The highest BCUT2D eigenvalue weighted by Crippen LogP contribution is 2.21. The van der Waals surface area contributed by atoms with Crippen molar-refractivity contribution in [2.45, 2.75) is 103 Å². The number of ether oxygens (including phenoxy) is 1. The third-order valence-corrected chi connectivity index (χ3v) is 5.68. The molecule has 26 heavy (non-hydrogen) atoms. The van der Waals surface area contributed by atoms with Crippen LogP contribution in [0.2, 0.25) is 0 Å². The van der Waals surface area contributed by atoms with E-state index in [0.29, 0.717) is 0 Å². The summed E-state index contributed by atoms with van der Waals surface area (Å²) in [5.41, 5.74) is 2.28. The smallest absolute Gasteiger partial charge is 0.308 e. The van der Waals surface area contributed by atoms with Crippen LogP contribution in [0.25, 0.3) is 0 Å². The number of esters is 1. The average Bonchev–Trinajstić information content (AvgIpc) is 3.09. The second-order valence-electron chi connectivity index (χ2n) is 7.78. The van der Waals surface area contributed by atoms with Crippen LogP contribution >= 0.6 is 0 Å². The van der Waals surface area contributed by atoms with Gasteiger partial charge >= 0.3 is 5.97 Å². The van der Waals surface area contributed by atoms with E-state index in [9.17, 15) is 4.79 Å². The Hall–Kier alpha value is -1.39. The molecule has 1 aliphatic carbocycles. The van der Waals surface area contributed by atoms with Gasteiger partial charge in [0.25, 0.3) is 0 Å². The first-order valence-electron chi connectivity index (χ1n) is 10.8. The van der Waals surface area contributed by atoms with Gasteiger partial charge in [-0.2, -0.15) is 0 Å². The number of aromatic amines is 1. The topological polar surface area (TPSA) is 67.9 Å². The number of hydrogen-bond acceptors (Lipinski definition) is 4. The molecule has 148 valence electrons. The van der Waals surface area contributed by atoms with Crippen molar-refractivity contribution in [3.8, 4) is 0 Å². The number of aromatic nitrogens is 3. The van der Waals surface area contributed by atoms with E-state index in [-0.39, 0.29) is 11.9 Å². The molecule has 1 heterocycles. The van der Waals surface area contributed by atoms with Gasteiger partial charge in [0.15, 0.2) is 0 Å². The van der Waals surface area contributed by atoms with E-state index in [1.165, 1.54) is 77.0 Å². The molecule has 1 unspecified atom stereocenters. The van der Waals surface area contributed by atoms with Crippen molar-refractivity contribution in [2.75, 3.05) is 7.11 Å². The maximum absolute atomic E-state index is 12.1. The second-order valence-corrected chi connectivity index (χ2v) is 7.78. The first kappa shape index (κ1) is 20.9. The molecule has 2 rings (SSSR count). The SMILES string of the molecule is COC(=O)C1CCCCCCCCCCCCCc2[nH]nnc2CCC1. The summed E-state index contributed by atoms with van der Waals surface area (Å²) in [4.78, 5) is 12.1. The summed E-state index contributed by atoms with van der Waals surface area (Å²) in [6, 6.07) is 0. The van der Waals surface area contributed by atoms with Crippen molar-refractivity contribution < 1.29 is 9.53 Å². The Labute approximate surface area is 158 Å². The molecule has 0 saturated carbocycles. The molecule has 1 atom stereocenters. The summed E-state index contributed by atoms with van der Waals surface area (Å²) in [5, 5.41) is 11.3. The number of H-pyrrole nitrogens is 1. The molecule has 0 aromatic carbocycles. The van der Waals surface area contributed by atoms with Crippen LogP contribution in [-0.2, 0) is 22.4 Å². The number of nitrogens with zero attached hydrogens (tertiary/aromatic N) is 2. The fourth-order valence-corrected chi connectivity index (χ4v) is 4.02. The van der Waals surface area contributed by atoms with Gasteiger partial charge in [0.05, 0.1) is 24.4 Å². The van der Waals surface area contributed by atoms with Crippen LogP contribution in [0.4, 0.5) is 0 Å². The third-order valence-electron chi connectivity index (χ3n) is 5.68. The monoisotopic (exact) mass is 363 g/mol. The predicted molar refractivity (Wildman–Crippen MR) is 104 cm³/mol. The van der Waals surface area contributed by atoms with E-state index < -0.39 is 0 Å². The summed E-state index contributed by atoms with van der Waals surface area (Å²) >= 11 is 0. The minimum atomic E-state index is -0.0451. The quantitative estimate of drug-likeness (QED) is 0.700. The van der Waals surface area contributed by atoms with E-state index in [0.717, 1.165) is 44.2 Å². The van der Waals surface area contributed by atoms with Crippen LogP contribution in [0.15, 0.2) is 0 Å². The second kappa shape index (κ2) is 12.9. The van der Waals surface area contributed by atoms with Crippen molar-refractivity contribution in [1.29, 1.82) is 0 Å². The molecular formula is C21H37N3O2. The molecule has 1 aliphatic rings. The molecule has 0 bridgehead atoms. The van der Waals surface area contributed by atoms with Crippen molar-refractivity contribution in [1.82, 2.24) is 15.4 Å². The van der Waals surface area contributed by atoms with Crippen LogP contribution in [0.5, 0.6) is 0 Å². The highest BCUT2D eigenvalue weighted by atomic mass is 16.5. The first-order valence-corrected chi connectivity index (χ1v) is 10.8. The molecule has 5 nitrogen and oxygen atoms in total. The predicted octanol–water partition coefficient (Wildman–Crippen LogP) is 5.15. The van der Waals surface area contributed by atoms with E-state index in [4.69, 9.17) is 4.74 Å². The van der Waals surface area contributed by atoms with E-state index in [2.05, 4.69) is 15.4 Å². The third kappa shape index (κ3) is 7.88. The van der Waals surface area contributed by atoms with Gasteiger partial charge in [0.1, 0.15) is 0 Å². The number of rotatable bonds is 1. The van der Waals surface area contributed by atoms with Crippen LogP contribution < -0.4 is 0 Å². The van der Waals surface area contributed by atoms with E-state index in [1.807, 2.05) is 0 Å². The Morgan fingerprint density at radius 2 is 1.42 bits per heavy atom. The van der Waals surface area contributed by atoms with Gasteiger partial charge in [-0.25, -0.2) is 0 Å². The summed E-state index contributed by atoms with van der Waals surface area (Å²) in [7, 11) is 1.51. The number of fused-ring (bicyclic) bond motifs is 1. The highest BCUT2D eigenvalue weighted by Gasteiger charge is 2.19. The lowest BCUT2D eigenvalue weighted by molar-refractivity contribution is -0.146. The molecule has 0 spiro atoms. The number of hydrogen-bond donors (Lipinski definition) is 1. The molecule has 1 aromatic heterocycles. The van der Waals surface area contributed by atoms with Gasteiger partial charge in [0, 0.05) is 0 Å². The zero-order valence-electron chi connectivity index (χ0n) is 16.6. The standard InChI is InChI=1S/C21H37N3O2/c1-26-21(25)18-14-11-9-7-5-3-2-4-6-8-10-12-16-19-20(17-13-15-18)23-24-22-19/h18H,2-17H2,1H3,(H,22,23,24). The first-order chi connectivity index (χ1) is 12.8. The lowest BCUT2D eigenvalue weighted by Crippen LogP contribution is -2.16. The fourth-order valence-electron chi connectivity index (χ4n) is 4.02. The van der Waals surface area contributed by atoms with Crippen molar-refractivity contribution in [3.05, 3.63) is 11.4 Å². The molecule has 0 fully saturated rings. The molecule has 0 amide bonds. The maximum atomic E-state index is 12.1. The summed E-state index contributed by atoms with van der Waals surface area (Å²) < 4.78 is 5.02. The van der Waals surface area contributed by atoms with Crippen LogP contribution in [0.1, 0.15) is 101 Å². The molecule has 0 aliphatic heterocycles. The van der Waals surface area contributed by atoms with Crippen LogP contribution in [0.3, 0.4) is 0 Å². The van der Waals surface area contributed by atoms with Crippen molar-refractivity contribution >= 4 is 5.97 Å². The van der Waals surface area contributed by atoms with Gasteiger partial charge < -0.3 is 4.74 Å². The summed E-state index contributed by atoms with van der Waals surface area (Å²) in [6.45, 7) is 0. The summed E-state index contributed by atoms with van der Waals surface area (Å²) in [6.07, 6.45) is 19.1. The van der Waals surface area contributed by atoms with Crippen molar-refractivity contribution in [3.63, 3.8) is 0 Å². The van der Waals surface area contributed by atoms with Gasteiger partial charge in [-0.1, -0.05) is 69.4 Å². The Balaban J connectivity index is 1.87. The van der Waals surface area contributed by atoms with Gasteiger partial charge in [-0.15, -0.1) is 5.10 Å². The van der Waals surface area contributed by atoms with Gasteiger partial charge in [-0.05, 0) is 38.5 Å². The van der Waals surface area contributed by atoms with Crippen LogP contribution in [0, 0.1) is 5.92 Å². The molecular weight excluding hydrogens is 326 g/mol. The maximum Gasteiger partial charge on any atom is 0.308 e. The normalized spacial score (nSPS) is 22.4. The molecule has 5 heteroatoms. The Morgan fingerprint density at radius 1 is 0.846 bits per heavy atom. The molecule has 0 saturated heterocycles. The number of nitrogens with one attached hydrogen (secondary N) is 1. The van der Waals surface area contributed by atoms with E-state index >= 15 is 0 Å². The molecule has 0 radical (unpaired) electrons. The Kier molecular flexibility index (Phi) is 10.4. The number of aryl methyl sites for hydroxylation is 2. The summed E-state index contributed by atoms with van der Waals surface area (Å²) in [5.74, 6) is -0.00583. The number of methoxy groups -OCH3 is 1. The van der Waals surface area contributed by atoms with Gasteiger partial charge in [-0.3, -0.25) is 9.89 Å². The zero-order chi connectivity index (χ0) is 18.5. The highest BCUT2D eigenvalue weighted by molar-refractivity contribution is 5.72. The lowest BCUT2D eigenvalue weighted by Gasteiger charge is -2.14. The molecule has 1 aromatic rings. The van der Waals surface area contributed by atoms with Gasteiger partial charge in [0.2, 0.25) is 0 Å². The minimum absolute atomic E-state index is 0.0393. The van der Waals surface area contributed by atoms with Crippen molar-refractivity contribution in [2.24, 2.45) is 5.92 Å². The largest absolute Gasteiger partial charge is 0.469 e. The molecule has 1 N–H and O–H groups in total. The number of carbonyl (C=O) groups excluding carboxylic acids is 1.